The molecule has 2 nitrogen and oxygen atoms in total. The number of nitrogens with zero attached hydrogens (tertiary/aromatic N) is 1. The molecule has 2 aromatic carbocycles. The lowest BCUT2D eigenvalue weighted by Gasteiger charge is -2.05. The van der Waals surface area contributed by atoms with E-state index in [0.717, 1.165) is 11.1 Å². The molecule has 3 heteroatoms. The second-order valence-corrected chi connectivity index (χ2v) is 4.92. The van der Waals surface area contributed by atoms with Gasteiger partial charge in [-0.25, -0.2) is 4.39 Å². The monoisotopic (exact) mass is 271 g/mol. The summed E-state index contributed by atoms with van der Waals surface area (Å²) in [4.78, 5) is 5.31. The first-order valence-corrected chi connectivity index (χ1v) is 6.55. The van der Waals surface area contributed by atoms with Crippen LogP contribution < -0.4 is 0 Å². The van der Waals surface area contributed by atoms with Gasteiger partial charge in [0, 0.05) is 5.56 Å². The summed E-state index contributed by atoms with van der Waals surface area (Å²) >= 11 is 0. The summed E-state index contributed by atoms with van der Waals surface area (Å²) in [5.74, 6) is -0.281. The van der Waals surface area contributed by atoms with Crippen LogP contribution in [0.2, 0.25) is 0 Å². The summed E-state index contributed by atoms with van der Waals surface area (Å²) < 4.78 is 13.7. The molecule has 2 rings (SSSR count). The Morgan fingerprint density at radius 3 is 2.60 bits per heavy atom. The standard InChI is InChI=1S/C17H18FNO/c1-12-5-4-6-15(9-12)11-20-19-14(3)16-10-13(2)7-8-17(16)18/h4-10H,11H2,1-3H3. The fourth-order valence-electron chi connectivity index (χ4n) is 1.97. The number of aryl methyl sites for hydroxylation is 2. The summed E-state index contributed by atoms with van der Waals surface area (Å²) in [6.07, 6.45) is 0. The lowest BCUT2D eigenvalue weighted by atomic mass is 10.1. The molecular formula is C17H18FNO. The first kappa shape index (κ1) is 14.3. The number of hydrogen-bond donors (Lipinski definition) is 0. The summed E-state index contributed by atoms with van der Waals surface area (Å²) in [7, 11) is 0. The SMILES string of the molecule is CC(=NOCc1cccc(C)c1)c1cc(C)ccc1F. The second-order valence-electron chi connectivity index (χ2n) is 4.92. The average molecular weight is 271 g/mol. The first-order valence-electron chi connectivity index (χ1n) is 6.55. The van der Waals surface area contributed by atoms with Crippen LogP contribution in [0.3, 0.4) is 0 Å². The lowest BCUT2D eigenvalue weighted by Crippen LogP contribution is -2.01. The average Bonchev–Trinajstić information content (AvgIpc) is 2.41. The number of hydrogen-bond acceptors (Lipinski definition) is 2. The third-order valence-corrected chi connectivity index (χ3v) is 3.03. The van der Waals surface area contributed by atoms with Gasteiger partial charge in [-0.2, -0.15) is 0 Å². The molecule has 0 aliphatic carbocycles. The molecule has 104 valence electrons. The van der Waals surface area contributed by atoms with Crippen molar-refractivity contribution in [3.8, 4) is 0 Å². The predicted octanol–water partition coefficient (Wildman–Crippen LogP) is 4.38. The van der Waals surface area contributed by atoms with Gasteiger partial charge in [-0.15, -0.1) is 0 Å². The van der Waals surface area contributed by atoms with Gasteiger partial charge in [0.1, 0.15) is 12.4 Å². The Morgan fingerprint density at radius 1 is 1.10 bits per heavy atom. The van der Waals surface area contributed by atoms with Gasteiger partial charge in [-0.3, -0.25) is 0 Å². The molecule has 0 amide bonds. The van der Waals surface area contributed by atoms with Crippen LogP contribution in [0, 0.1) is 19.7 Å². The van der Waals surface area contributed by atoms with E-state index in [4.69, 9.17) is 4.84 Å². The van der Waals surface area contributed by atoms with E-state index in [1.54, 1.807) is 19.1 Å². The van der Waals surface area contributed by atoms with Gasteiger partial charge in [0.15, 0.2) is 0 Å². The molecule has 0 bridgehead atoms. The molecule has 0 radical (unpaired) electrons. The maximum absolute atomic E-state index is 13.7. The highest BCUT2D eigenvalue weighted by molar-refractivity contribution is 5.98. The van der Waals surface area contributed by atoms with Crippen molar-refractivity contribution in [3.05, 3.63) is 70.5 Å². The zero-order valence-corrected chi connectivity index (χ0v) is 12.0. The van der Waals surface area contributed by atoms with Crippen molar-refractivity contribution >= 4 is 5.71 Å². The Morgan fingerprint density at radius 2 is 1.85 bits per heavy atom. The van der Waals surface area contributed by atoms with Crippen LogP contribution in [0.25, 0.3) is 0 Å². The Balaban J connectivity index is 2.06. The van der Waals surface area contributed by atoms with E-state index in [2.05, 4.69) is 5.16 Å². The van der Waals surface area contributed by atoms with Gasteiger partial charge in [0.2, 0.25) is 0 Å². The molecule has 2 aromatic rings. The molecule has 0 fully saturated rings. The zero-order chi connectivity index (χ0) is 14.5. The van der Waals surface area contributed by atoms with Crippen molar-refractivity contribution < 1.29 is 9.23 Å². The maximum Gasteiger partial charge on any atom is 0.142 e. The Bertz CT molecular complexity index is 635. The number of oxime groups is 1. The van der Waals surface area contributed by atoms with E-state index >= 15 is 0 Å². The summed E-state index contributed by atoms with van der Waals surface area (Å²) in [5, 5.41) is 4.00. The minimum absolute atomic E-state index is 0.281. The highest BCUT2D eigenvalue weighted by Gasteiger charge is 2.06. The molecule has 0 saturated heterocycles. The van der Waals surface area contributed by atoms with E-state index in [0.29, 0.717) is 17.9 Å². The molecule has 0 spiro atoms. The van der Waals surface area contributed by atoms with Crippen molar-refractivity contribution in [1.29, 1.82) is 0 Å². The van der Waals surface area contributed by atoms with Crippen molar-refractivity contribution in [2.75, 3.05) is 0 Å². The van der Waals surface area contributed by atoms with Gasteiger partial charge >= 0.3 is 0 Å². The third kappa shape index (κ3) is 3.67. The maximum atomic E-state index is 13.7. The van der Waals surface area contributed by atoms with Crippen LogP contribution in [-0.2, 0) is 11.4 Å². The van der Waals surface area contributed by atoms with E-state index in [1.807, 2.05) is 38.1 Å². The quantitative estimate of drug-likeness (QED) is 0.597. The normalized spacial score (nSPS) is 11.5. The predicted molar refractivity (Wildman–Crippen MR) is 79.3 cm³/mol. The van der Waals surface area contributed by atoms with Gasteiger partial charge in [-0.1, -0.05) is 46.6 Å². The van der Waals surface area contributed by atoms with Crippen molar-refractivity contribution in [2.24, 2.45) is 5.16 Å². The Hall–Kier alpha value is -2.16. The number of rotatable bonds is 4. The summed E-state index contributed by atoms with van der Waals surface area (Å²) in [6.45, 7) is 6.07. The third-order valence-electron chi connectivity index (χ3n) is 3.03. The summed E-state index contributed by atoms with van der Waals surface area (Å²) in [5.41, 5.74) is 4.24. The van der Waals surface area contributed by atoms with Gasteiger partial charge in [0.25, 0.3) is 0 Å². The Kier molecular flexibility index (Phi) is 4.51. The molecule has 20 heavy (non-hydrogen) atoms. The van der Waals surface area contributed by atoms with Gasteiger partial charge in [0.05, 0.1) is 5.71 Å². The van der Waals surface area contributed by atoms with Crippen LogP contribution in [0.1, 0.15) is 29.2 Å². The van der Waals surface area contributed by atoms with Crippen LogP contribution in [-0.4, -0.2) is 5.71 Å². The van der Waals surface area contributed by atoms with E-state index in [9.17, 15) is 4.39 Å². The zero-order valence-electron chi connectivity index (χ0n) is 12.0. The lowest BCUT2D eigenvalue weighted by molar-refractivity contribution is 0.130. The van der Waals surface area contributed by atoms with E-state index in [1.165, 1.54) is 11.6 Å². The minimum atomic E-state index is -0.281. The minimum Gasteiger partial charge on any atom is -0.391 e. The van der Waals surface area contributed by atoms with Gasteiger partial charge < -0.3 is 4.84 Å². The van der Waals surface area contributed by atoms with Crippen molar-refractivity contribution in [2.45, 2.75) is 27.4 Å². The number of halogens is 1. The van der Waals surface area contributed by atoms with Crippen LogP contribution in [0.15, 0.2) is 47.6 Å². The van der Waals surface area contributed by atoms with E-state index < -0.39 is 0 Å². The fraction of sp³-hybridized carbons (Fsp3) is 0.235. The largest absolute Gasteiger partial charge is 0.391 e. The van der Waals surface area contributed by atoms with Crippen LogP contribution >= 0.6 is 0 Å². The molecule has 0 aliphatic heterocycles. The molecule has 0 atom stereocenters. The molecule has 0 aromatic heterocycles. The second kappa shape index (κ2) is 6.33. The number of benzene rings is 2. The molecule has 0 heterocycles. The smallest absolute Gasteiger partial charge is 0.142 e. The highest BCUT2D eigenvalue weighted by Crippen LogP contribution is 2.12. The van der Waals surface area contributed by atoms with E-state index in [-0.39, 0.29) is 5.82 Å². The Labute approximate surface area is 118 Å². The molecule has 0 saturated carbocycles. The molecule has 0 aliphatic rings. The highest BCUT2D eigenvalue weighted by atomic mass is 19.1. The summed E-state index contributed by atoms with van der Waals surface area (Å²) in [6, 6.07) is 13.0. The molecule has 0 N–H and O–H groups in total. The molecule has 0 unspecified atom stereocenters. The first-order chi connectivity index (χ1) is 9.56. The van der Waals surface area contributed by atoms with Crippen LogP contribution in [0.5, 0.6) is 0 Å². The van der Waals surface area contributed by atoms with Gasteiger partial charge in [-0.05, 0) is 38.5 Å². The molecular weight excluding hydrogens is 253 g/mol. The van der Waals surface area contributed by atoms with Crippen LogP contribution in [0.4, 0.5) is 4.39 Å². The van der Waals surface area contributed by atoms with Crippen molar-refractivity contribution in [3.63, 3.8) is 0 Å². The topological polar surface area (TPSA) is 21.6 Å². The van der Waals surface area contributed by atoms with Crippen molar-refractivity contribution in [1.82, 2.24) is 0 Å². The fourth-order valence-corrected chi connectivity index (χ4v) is 1.97.